The van der Waals surface area contributed by atoms with E-state index in [1.165, 1.54) is 0 Å². The van der Waals surface area contributed by atoms with E-state index in [1.54, 1.807) is 18.4 Å². The molecule has 5 rings (SSSR count). The number of hydrogen-bond acceptors (Lipinski definition) is 6. The molecule has 2 aliphatic heterocycles. The second-order valence-corrected chi connectivity index (χ2v) is 9.67. The zero-order valence-corrected chi connectivity index (χ0v) is 19.4. The first-order valence-electron chi connectivity index (χ1n) is 10.2. The van der Waals surface area contributed by atoms with E-state index in [0.29, 0.717) is 10.0 Å². The first-order valence-corrected chi connectivity index (χ1v) is 11.8. The lowest BCUT2D eigenvalue weighted by molar-refractivity contribution is -0.136. The summed E-state index contributed by atoms with van der Waals surface area (Å²) in [6.45, 7) is 4.47. The van der Waals surface area contributed by atoms with Gasteiger partial charge in [0.15, 0.2) is 5.13 Å². The Hall–Kier alpha value is -2.22. The second kappa shape index (κ2) is 8.37. The van der Waals surface area contributed by atoms with E-state index in [-0.39, 0.29) is 11.8 Å². The van der Waals surface area contributed by atoms with Crippen LogP contribution in [0.25, 0.3) is 10.2 Å². The van der Waals surface area contributed by atoms with Crippen LogP contribution in [0.3, 0.4) is 0 Å². The molecule has 0 saturated carbocycles. The fourth-order valence-electron chi connectivity index (χ4n) is 4.07. The summed E-state index contributed by atoms with van der Waals surface area (Å²) in [5.74, 6) is 1.09. The predicted octanol–water partition coefficient (Wildman–Crippen LogP) is 4.40. The van der Waals surface area contributed by atoms with Gasteiger partial charge in [0.05, 0.1) is 33.3 Å². The zero-order chi connectivity index (χ0) is 21.5. The number of halogens is 2. The number of benzene rings is 2. The molecule has 0 unspecified atom stereocenters. The van der Waals surface area contributed by atoms with Crippen LogP contribution in [-0.2, 0) is 4.79 Å². The number of anilines is 2. The first kappa shape index (κ1) is 20.7. The molecule has 1 aromatic heterocycles. The van der Waals surface area contributed by atoms with Crippen molar-refractivity contribution in [3.63, 3.8) is 0 Å². The van der Waals surface area contributed by atoms with Gasteiger partial charge in [-0.05, 0) is 30.3 Å². The summed E-state index contributed by atoms with van der Waals surface area (Å²) in [5.41, 5.74) is 1.98. The van der Waals surface area contributed by atoms with Gasteiger partial charge in [-0.3, -0.25) is 4.79 Å². The van der Waals surface area contributed by atoms with Gasteiger partial charge in [-0.15, -0.1) is 0 Å². The Balaban J connectivity index is 1.16. The van der Waals surface area contributed by atoms with Crippen LogP contribution in [0.15, 0.2) is 36.4 Å². The number of ether oxygens (including phenoxy) is 1. The minimum atomic E-state index is 0.0399. The Morgan fingerprint density at radius 2 is 1.81 bits per heavy atom. The topological polar surface area (TPSA) is 48.9 Å². The van der Waals surface area contributed by atoms with E-state index < -0.39 is 0 Å². The molecule has 2 fully saturated rings. The van der Waals surface area contributed by atoms with Crippen LogP contribution in [0.1, 0.15) is 0 Å². The quantitative estimate of drug-likeness (QED) is 0.558. The van der Waals surface area contributed by atoms with Gasteiger partial charge < -0.3 is 19.4 Å². The van der Waals surface area contributed by atoms with E-state index in [0.717, 1.165) is 66.1 Å². The largest absolute Gasteiger partial charge is 0.497 e. The van der Waals surface area contributed by atoms with Crippen molar-refractivity contribution in [2.45, 2.75) is 0 Å². The van der Waals surface area contributed by atoms with E-state index in [9.17, 15) is 4.79 Å². The standard InChI is InChI=1S/C22H22Cl2N4O2S/c1-30-16-3-5-20-19(11-16)25-22(31-20)28-12-14(13-28)21(29)27-8-6-26(7-9-27)15-2-4-17(23)18(24)10-15/h2-5,10-11,14H,6-9,12-13H2,1H3. The van der Waals surface area contributed by atoms with Crippen molar-refractivity contribution in [2.24, 2.45) is 5.92 Å². The fraction of sp³-hybridized carbons (Fsp3) is 0.364. The minimum absolute atomic E-state index is 0.0399. The number of amides is 1. The van der Waals surface area contributed by atoms with Crippen molar-refractivity contribution in [1.29, 1.82) is 0 Å². The van der Waals surface area contributed by atoms with Crippen molar-refractivity contribution < 1.29 is 9.53 Å². The van der Waals surface area contributed by atoms with Crippen molar-refractivity contribution >= 4 is 61.5 Å². The Morgan fingerprint density at radius 1 is 1.03 bits per heavy atom. The van der Waals surface area contributed by atoms with Crippen molar-refractivity contribution in [2.75, 3.05) is 56.2 Å². The first-order chi connectivity index (χ1) is 15.0. The minimum Gasteiger partial charge on any atom is -0.497 e. The molecule has 2 aromatic carbocycles. The molecule has 0 N–H and O–H groups in total. The van der Waals surface area contributed by atoms with Gasteiger partial charge in [0.2, 0.25) is 5.91 Å². The number of methoxy groups -OCH3 is 1. The van der Waals surface area contributed by atoms with E-state index in [4.69, 9.17) is 32.9 Å². The molecule has 1 amide bonds. The van der Waals surface area contributed by atoms with Gasteiger partial charge >= 0.3 is 0 Å². The number of rotatable bonds is 4. The number of hydrogen-bond donors (Lipinski definition) is 0. The molecule has 2 aliphatic rings. The van der Waals surface area contributed by atoms with Crippen LogP contribution in [0.5, 0.6) is 5.75 Å². The van der Waals surface area contributed by atoms with Gasteiger partial charge in [-0.2, -0.15) is 0 Å². The number of fused-ring (bicyclic) bond motifs is 1. The highest BCUT2D eigenvalue weighted by Gasteiger charge is 2.37. The maximum Gasteiger partial charge on any atom is 0.229 e. The highest BCUT2D eigenvalue weighted by molar-refractivity contribution is 7.22. The lowest BCUT2D eigenvalue weighted by Crippen LogP contribution is -2.58. The lowest BCUT2D eigenvalue weighted by atomic mass is 9.99. The third-order valence-electron chi connectivity index (χ3n) is 5.94. The number of nitrogens with zero attached hydrogens (tertiary/aromatic N) is 4. The number of piperazine rings is 1. The molecular weight excluding hydrogens is 455 g/mol. The summed E-state index contributed by atoms with van der Waals surface area (Å²) in [7, 11) is 1.66. The van der Waals surface area contributed by atoms with Gasteiger partial charge in [0.25, 0.3) is 0 Å². The third-order valence-corrected chi connectivity index (χ3v) is 7.78. The molecule has 162 valence electrons. The predicted molar refractivity (Wildman–Crippen MR) is 127 cm³/mol. The Kier molecular flexibility index (Phi) is 5.58. The van der Waals surface area contributed by atoms with E-state index in [1.807, 2.05) is 41.3 Å². The molecule has 9 heteroatoms. The van der Waals surface area contributed by atoms with Gasteiger partial charge in [-0.1, -0.05) is 34.5 Å². The molecule has 31 heavy (non-hydrogen) atoms. The molecule has 0 spiro atoms. The van der Waals surface area contributed by atoms with Crippen LogP contribution in [0.4, 0.5) is 10.8 Å². The Bertz CT molecular complexity index is 1120. The number of carbonyl (C=O) groups excluding carboxylic acids is 1. The maximum absolute atomic E-state index is 13.0. The highest BCUT2D eigenvalue weighted by atomic mass is 35.5. The molecule has 0 radical (unpaired) electrons. The summed E-state index contributed by atoms with van der Waals surface area (Å²) >= 11 is 13.8. The molecule has 3 aromatic rings. The van der Waals surface area contributed by atoms with E-state index >= 15 is 0 Å². The smallest absolute Gasteiger partial charge is 0.229 e. The third kappa shape index (κ3) is 4.02. The van der Waals surface area contributed by atoms with Crippen molar-refractivity contribution in [1.82, 2.24) is 9.88 Å². The van der Waals surface area contributed by atoms with Crippen molar-refractivity contribution in [3.05, 3.63) is 46.4 Å². The van der Waals surface area contributed by atoms with Gasteiger partial charge in [0, 0.05) is 51.0 Å². The second-order valence-electron chi connectivity index (χ2n) is 7.84. The van der Waals surface area contributed by atoms with Crippen LogP contribution in [-0.4, -0.2) is 62.2 Å². The molecular formula is C22H22Cl2N4O2S. The lowest BCUT2D eigenvalue weighted by Gasteiger charge is -2.43. The Labute approximate surface area is 194 Å². The number of aromatic nitrogens is 1. The number of carbonyl (C=O) groups is 1. The monoisotopic (exact) mass is 476 g/mol. The normalized spacial score (nSPS) is 17.2. The van der Waals surface area contributed by atoms with Gasteiger partial charge in [-0.25, -0.2) is 4.98 Å². The van der Waals surface area contributed by atoms with Crippen LogP contribution in [0.2, 0.25) is 10.0 Å². The maximum atomic E-state index is 13.0. The van der Waals surface area contributed by atoms with Crippen LogP contribution >= 0.6 is 34.5 Å². The van der Waals surface area contributed by atoms with E-state index in [2.05, 4.69) is 9.80 Å². The molecule has 3 heterocycles. The summed E-state index contributed by atoms with van der Waals surface area (Å²) in [6.07, 6.45) is 0. The average Bonchev–Trinajstić information content (AvgIpc) is 3.17. The SMILES string of the molecule is COc1ccc2sc(N3CC(C(=O)N4CCN(c5ccc(Cl)c(Cl)c5)CC4)C3)nc2c1. The molecule has 0 aliphatic carbocycles. The molecule has 0 atom stereocenters. The van der Waals surface area contributed by atoms with Crippen LogP contribution < -0.4 is 14.5 Å². The van der Waals surface area contributed by atoms with Crippen LogP contribution in [0, 0.1) is 5.92 Å². The Morgan fingerprint density at radius 3 is 2.52 bits per heavy atom. The zero-order valence-electron chi connectivity index (χ0n) is 17.1. The fourth-order valence-corrected chi connectivity index (χ4v) is 5.33. The summed E-state index contributed by atoms with van der Waals surface area (Å²) in [5, 5.41) is 2.08. The molecule has 2 saturated heterocycles. The van der Waals surface area contributed by atoms with Gasteiger partial charge in [0.1, 0.15) is 5.75 Å². The summed E-state index contributed by atoms with van der Waals surface area (Å²) < 4.78 is 6.41. The summed E-state index contributed by atoms with van der Waals surface area (Å²) in [4.78, 5) is 24.1. The summed E-state index contributed by atoms with van der Waals surface area (Å²) in [6, 6.07) is 11.6. The molecule has 0 bridgehead atoms. The molecule has 6 nitrogen and oxygen atoms in total. The number of thiazole rings is 1. The van der Waals surface area contributed by atoms with Crippen molar-refractivity contribution in [3.8, 4) is 5.75 Å². The highest BCUT2D eigenvalue weighted by Crippen LogP contribution is 2.35. The average molecular weight is 477 g/mol.